The standard InChI is InChI=1S/C12H14INO/c1-9-7-8-11(15)14(9)12(13)10-5-3-2-4-6-10/h2-6,9,12H,7-8H2,1H3. The van der Waals surface area contributed by atoms with E-state index < -0.39 is 0 Å². The summed E-state index contributed by atoms with van der Waals surface area (Å²) in [6.07, 6.45) is 1.69. The Kier molecular flexibility index (Phi) is 3.29. The fourth-order valence-corrected chi connectivity index (χ4v) is 3.24. The molecule has 1 aliphatic heterocycles. The van der Waals surface area contributed by atoms with Gasteiger partial charge in [0.15, 0.2) is 0 Å². The van der Waals surface area contributed by atoms with E-state index in [0.717, 1.165) is 6.42 Å². The molecule has 2 unspecified atom stereocenters. The van der Waals surface area contributed by atoms with Crippen LogP contribution in [0.3, 0.4) is 0 Å². The highest BCUT2D eigenvalue weighted by atomic mass is 127. The highest BCUT2D eigenvalue weighted by Crippen LogP contribution is 2.34. The third kappa shape index (κ3) is 2.17. The molecule has 0 N–H and O–H groups in total. The van der Waals surface area contributed by atoms with E-state index in [-0.39, 0.29) is 9.96 Å². The molecule has 2 atom stereocenters. The molecule has 1 fully saturated rings. The lowest BCUT2D eigenvalue weighted by molar-refractivity contribution is -0.129. The normalized spacial score (nSPS) is 23.2. The lowest BCUT2D eigenvalue weighted by Gasteiger charge is -2.27. The first kappa shape index (κ1) is 10.9. The smallest absolute Gasteiger partial charge is 0.224 e. The summed E-state index contributed by atoms with van der Waals surface area (Å²) < 4.78 is 0.175. The quantitative estimate of drug-likeness (QED) is 0.466. The van der Waals surface area contributed by atoms with Gasteiger partial charge in [0.1, 0.15) is 4.05 Å². The number of halogens is 1. The molecule has 0 aromatic heterocycles. The highest BCUT2D eigenvalue weighted by Gasteiger charge is 2.32. The molecular formula is C12H14INO. The average Bonchev–Trinajstić information content (AvgIpc) is 2.59. The Labute approximate surface area is 104 Å². The van der Waals surface area contributed by atoms with E-state index in [1.807, 2.05) is 23.1 Å². The van der Waals surface area contributed by atoms with Crippen LogP contribution in [0, 0.1) is 0 Å². The van der Waals surface area contributed by atoms with Gasteiger partial charge < -0.3 is 4.90 Å². The Bertz CT molecular complexity index is 352. The maximum atomic E-state index is 11.7. The van der Waals surface area contributed by atoms with Crippen LogP contribution in [-0.4, -0.2) is 16.8 Å². The van der Waals surface area contributed by atoms with Crippen molar-refractivity contribution in [3.63, 3.8) is 0 Å². The van der Waals surface area contributed by atoms with Crippen LogP contribution in [0.25, 0.3) is 0 Å². The maximum Gasteiger partial charge on any atom is 0.224 e. The van der Waals surface area contributed by atoms with Crippen molar-refractivity contribution in [2.45, 2.75) is 29.9 Å². The molecule has 0 saturated carbocycles. The van der Waals surface area contributed by atoms with Gasteiger partial charge in [-0.05, 0) is 18.9 Å². The van der Waals surface area contributed by atoms with Crippen molar-refractivity contribution < 1.29 is 4.79 Å². The highest BCUT2D eigenvalue weighted by molar-refractivity contribution is 14.1. The molecule has 0 spiro atoms. The van der Waals surface area contributed by atoms with Crippen molar-refractivity contribution >= 4 is 28.5 Å². The molecule has 2 rings (SSSR count). The summed E-state index contributed by atoms with van der Waals surface area (Å²) in [5.74, 6) is 0.283. The van der Waals surface area contributed by atoms with Gasteiger partial charge in [-0.25, -0.2) is 0 Å². The zero-order valence-electron chi connectivity index (χ0n) is 8.69. The van der Waals surface area contributed by atoms with E-state index >= 15 is 0 Å². The van der Waals surface area contributed by atoms with E-state index in [4.69, 9.17) is 0 Å². The Morgan fingerprint density at radius 3 is 2.60 bits per heavy atom. The van der Waals surface area contributed by atoms with Crippen LogP contribution >= 0.6 is 22.6 Å². The topological polar surface area (TPSA) is 20.3 Å². The molecule has 1 amide bonds. The van der Waals surface area contributed by atoms with Gasteiger partial charge in [-0.1, -0.05) is 52.9 Å². The van der Waals surface area contributed by atoms with Crippen LogP contribution in [0.5, 0.6) is 0 Å². The number of benzene rings is 1. The molecule has 1 aromatic rings. The van der Waals surface area contributed by atoms with Gasteiger partial charge in [-0.15, -0.1) is 0 Å². The lowest BCUT2D eigenvalue weighted by atomic mass is 10.2. The second kappa shape index (κ2) is 4.51. The third-order valence-corrected chi connectivity index (χ3v) is 4.18. The van der Waals surface area contributed by atoms with Crippen LogP contribution in [0.1, 0.15) is 29.4 Å². The molecule has 80 valence electrons. The summed E-state index contributed by atoms with van der Waals surface area (Å²) in [6.45, 7) is 2.12. The molecule has 0 bridgehead atoms. The Hall–Kier alpha value is -0.580. The first-order valence-corrected chi connectivity index (χ1v) is 6.45. The predicted octanol–water partition coefficient (Wildman–Crippen LogP) is 3.13. The summed E-state index contributed by atoms with van der Waals surface area (Å²) in [7, 11) is 0. The van der Waals surface area contributed by atoms with Crippen LogP contribution in [0.2, 0.25) is 0 Å². The van der Waals surface area contributed by atoms with Gasteiger partial charge >= 0.3 is 0 Å². The zero-order chi connectivity index (χ0) is 10.8. The van der Waals surface area contributed by atoms with Gasteiger partial charge in [-0.3, -0.25) is 4.79 Å². The summed E-state index contributed by atoms with van der Waals surface area (Å²) >= 11 is 2.35. The summed E-state index contributed by atoms with van der Waals surface area (Å²) in [5, 5.41) is 0. The van der Waals surface area contributed by atoms with E-state index in [2.05, 4.69) is 41.6 Å². The van der Waals surface area contributed by atoms with Gasteiger partial charge in [-0.2, -0.15) is 0 Å². The third-order valence-electron chi connectivity index (χ3n) is 2.86. The molecule has 0 aliphatic carbocycles. The minimum Gasteiger partial charge on any atom is -0.324 e. The first-order valence-electron chi connectivity index (χ1n) is 5.20. The Morgan fingerprint density at radius 2 is 2.07 bits per heavy atom. The minimum atomic E-state index is 0.175. The largest absolute Gasteiger partial charge is 0.324 e. The van der Waals surface area contributed by atoms with Gasteiger partial charge in [0.2, 0.25) is 5.91 Å². The number of carbonyl (C=O) groups excluding carboxylic acids is 1. The second-order valence-corrected chi connectivity index (χ2v) is 5.12. The van der Waals surface area contributed by atoms with E-state index in [1.54, 1.807) is 0 Å². The van der Waals surface area contributed by atoms with Crippen LogP contribution in [0.15, 0.2) is 30.3 Å². The van der Waals surface area contributed by atoms with E-state index in [0.29, 0.717) is 12.5 Å². The fraction of sp³-hybridized carbons (Fsp3) is 0.417. The van der Waals surface area contributed by atoms with Crippen molar-refractivity contribution in [3.8, 4) is 0 Å². The molecule has 2 nitrogen and oxygen atoms in total. The minimum absolute atomic E-state index is 0.175. The van der Waals surface area contributed by atoms with Gasteiger partial charge in [0.25, 0.3) is 0 Å². The van der Waals surface area contributed by atoms with E-state index in [9.17, 15) is 4.79 Å². The van der Waals surface area contributed by atoms with Crippen molar-refractivity contribution in [3.05, 3.63) is 35.9 Å². The Balaban J connectivity index is 2.21. The molecule has 0 radical (unpaired) electrons. The van der Waals surface area contributed by atoms with Crippen molar-refractivity contribution in [2.24, 2.45) is 0 Å². The molecule has 3 heteroatoms. The number of rotatable bonds is 2. The fourth-order valence-electron chi connectivity index (χ4n) is 1.97. The van der Waals surface area contributed by atoms with Gasteiger partial charge in [0.05, 0.1) is 0 Å². The average molecular weight is 315 g/mol. The summed E-state index contributed by atoms with van der Waals surface area (Å²) in [4.78, 5) is 13.7. The predicted molar refractivity (Wildman–Crippen MR) is 68.7 cm³/mol. The van der Waals surface area contributed by atoms with Crippen molar-refractivity contribution in [1.82, 2.24) is 4.90 Å². The van der Waals surface area contributed by atoms with Crippen LogP contribution < -0.4 is 0 Å². The lowest BCUT2D eigenvalue weighted by Crippen LogP contribution is -2.32. The molecule has 1 aromatic carbocycles. The number of amides is 1. The number of alkyl halides is 1. The van der Waals surface area contributed by atoms with Crippen molar-refractivity contribution in [1.29, 1.82) is 0 Å². The maximum absolute atomic E-state index is 11.7. The monoisotopic (exact) mass is 315 g/mol. The first-order chi connectivity index (χ1) is 7.20. The molecule has 1 saturated heterocycles. The number of likely N-dealkylation sites (tertiary alicyclic amines) is 1. The van der Waals surface area contributed by atoms with Crippen LogP contribution in [0.4, 0.5) is 0 Å². The Morgan fingerprint density at radius 1 is 1.40 bits per heavy atom. The molecular weight excluding hydrogens is 301 g/mol. The van der Waals surface area contributed by atoms with Crippen LogP contribution in [-0.2, 0) is 4.79 Å². The second-order valence-electron chi connectivity index (χ2n) is 3.94. The van der Waals surface area contributed by atoms with E-state index in [1.165, 1.54) is 5.56 Å². The molecule has 1 heterocycles. The number of hydrogen-bond acceptors (Lipinski definition) is 1. The molecule has 15 heavy (non-hydrogen) atoms. The zero-order valence-corrected chi connectivity index (χ0v) is 10.8. The number of nitrogens with zero attached hydrogens (tertiary/aromatic N) is 1. The number of hydrogen-bond donors (Lipinski definition) is 0. The molecule has 1 aliphatic rings. The summed E-state index contributed by atoms with van der Waals surface area (Å²) in [6, 6.07) is 10.6. The summed E-state index contributed by atoms with van der Waals surface area (Å²) in [5.41, 5.74) is 1.21. The van der Waals surface area contributed by atoms with Gasteiger partial charge in [0, 0.05) is 12.5 Å². The number of carbonyl (C=O) groups is 1. The van der Waals surface area contributed by atoms with Crippen molar-refractivity contribution in [2.75, 3.05) is 0 Å². The SMILES string of the molecule is CC1CCC(=O)N1C(I)c1ccccc1.